The lowest BCUT2D eigenvalue weighted by Gasteiger charge is -2.18. The first-order chi connectivity index (χ1) is 9.74. The monoisotopic (exact) mass is 277 g/mol. The van der Waals surface area contributed by atoms with Crippen LogP contribution in [0.15, 0.2) is 18.3 Å². The lowest BCUT2D eigenvalue weighted by Crippen LogP contribution is -2.26. The van der Waals surface area contributed by atoms with Crippen LogP contribution in [0.2, 0.25) is 0 Å². The van der Waals surface area contributed by atoms with E-state index in [1.54, 1.807) is 0 Å². The maximum absolute atomic E-state index is 4.49. The molecule has 1 N–H and O–H groups in total. The van der Waals surface area contributed by atoms with Gasteiger partial charge in [0, 0.05) is 32.4 Å². The number of hydrogen-bond donors (Lipinski definition) is 1. The Morgan fingerprint density at radius 1 is 1.15 bits per heavy atom. The molecule has 0 saturated carbocycles. The average Bonchev–Trinajstić information content (AvgIpc) is 3.04. The Hall–Kier alpha value is -1.09. The Labute approximate surface area is 124 Å². The van der Waals surface area contributed by atoms with Crippen LogP contribution in [0.3, 0.4) is 0 Å². The molecule has 2 unspecified atom stereocenters. The first-order valence-corrected chi connectivity index (χ1v) is 8.12. The van der Waals surface area contributed by atoms with E-state index in [0.29, 0.717) is 0 Å². The summed E-state index contributed by atoms with van der Waals surface area (Å²) in [6.07, 6.45) is 3.21. The van der Waals surface area contributed by atoms with Crippen molar-refractivity contribution >= 4 is 5.82 Å². The van der Waals surface area contributed by atoms with Gasteiger partial charge < -0.3 is 10.2 Å². The molecule has 3 heteroatoms. The molecule has 3 heterocycles. The van der Waals surface area contributed by atoms with Crippen LogP contribution < -0.4 is 10.2 Å². The zero-order chi connectivity index (χ0) is 15.0. The minimum absolute atomic E-state index is 0.841. The molecule has 1 aromatic heterocycles. The van der Waals surface area contributed by atoms with Crippen molar-refractivity contribution < 1.29 is 0 Å². The Kier molecular flexibility index (Phi) is 7.60. The molecule has 0 spiro atoms. The Balaban J connectivity index is 0.000000357. The second-order valence-electron chi connectivity index (χ2n) is 5.48. The van der Waals surface area contributed by atoms with Gasteiger partial charge in [0.1, 0.15) is 5.82 Å². The number of aromatic nitrogens is 1. The lowest BCUT2D eigenvalue weighted by atomic mass is 10.0. The average molecular weight is 277 g/mol. The molecule has 0 bridgehead atoms. The van der Waals surface area contributed by atoms with E-state index in [9.17, 15) is 0 Å². The van der Waals surface area contributed by atoms with Crippen molar-refractivity contribution in [1.29, 1.82) is 0 Å². The van der Waals surface area contributed by atoms with Gasteiger partial charge in [0.05, 0.1) is 0 Å². The van der Waals surface area contributed by atoms with Gasteiger partial charge in [0.25, 0.3) is 0 Å². The first-order valence-electron chi connectivity index (χ1n) is 8.12. The number of rotatable bonds is 1. The summed E-state index contributed by atoms with van der Waals surface area (Å²) in [6.45, 7) is 15.1. The second-order valence-corrected chi connectivity index (χ2v) is 5.48. The fraction of sp³-hybridized carbons (Fsp3) is 0.706. The van der Waals surface area contributed by atoms with E-state index in [1.807, 2.05) is 20.0 Å². The summed E-state index contributed by atoms with van der Waals surface area (Å²) in [5, 5.41) is 3.46. The third kappa shape index (κ3) is 4.48. The summed E-state index contributed by atoms with van der Waals surface area (Å²) in [6, 6.07) is 4.29. The molecular weight excluding hydrogens is 246 g/mol. The van der Waals surface area contributed by atoms with Gasteiger partial charge in [-0.3, -0.25) is 0 Å². The molecule has 0 aliphatic carbocycles. The van der Waals surface area contributed by atoms with Crippen LogP contribution in [-0.4, -0.2) is 31.2 Å². The maximum atomic E-state index is 4.49. The Bertz CT molecular complexity index is 349. The van der Waals surface area contributed by atoms with Gasteiger partial charge in [0.15, 0.2) is 0 Å². The fourth-order valence-corrected chi connectivity index (χ4v) is 2.69. The highest BCUT2D eigenvalue weighted by Crippen LogP contribution is 2.29. The molecule has 0 radical (unpaired) electrons. The largest absolute Gasteiger partial charge is 0.356 e. The molecule has 1 aromatic rings. The predicted molar refractivity (Wildman–Crippen MR) is 88.3 cm³/mol. The summed E-state index contributed by atoms with van der Waals surface area (Å²) >= 11 is 0. The molecule has 3 rings (SSSR count). The van der Waals surface area contributed by atoms with Crippen LogP contribution in [0.1, 0.15) is 39.7 Å². The Morgan fingerprint density at radius 3 is 2.15 bits per heavy atom. The molecule has 0 amide bonds. The molecule has 3 nitrogen and oxygen atoms in total. The third-order valence-electron chi connectivity index (χ3n) is 3.61. The number of nitrogens with zero attached hydrogens (tertiary/aromatic N) is 2. The minimum Gasteiger partial charge on any atom is -0.356 e. The standard InChI is InChI=1S/C12H17N3.C3H8.C2H6/c1-9-2-3-12(14-4-9)15-7-10-5-13-6-11(10)8-15;1-3-2;1-2/h2-4,10-11,13H,5-8H2,1H3;3H2,1-2H3;1-2H3. The smallest absolute Gasteiger partial charge is 0.128 e. The van der Waals surface area contributed by atoms with Crippen molar-refractivity contribution in [3.05, 3.63) is 23.9 Å². The number of aryl methyl sites for hydroxylation is 1. The van der Waals surface area contributed by atoms with Gasteiger partial charge in [-0.05, 0) is 30.4 Å². The zero-order valence-electron chi connectivity index (χ0n) is 13.8. The van der Waals surface area contributed by atoms with E-state index in [2.05, 4.69) is 48.1 Å². The van der Waals surface area contributed by atoms with E-state index >= 15 is 0 Å². The van der Waals surface area contributed by atoms with Crippen LogP contribution >= 0.6 is 0 Å². The van der Waals surface area contributed by atoms with Crippen LogP contribution in [0, 0.1) is 18.8 Å². The van der Waals surface area contributed by atoms with Crippen LogP contribution in [0.5, 0.6) is 0 Å². The topological polar surface area (TPSA) is 28.2 Å². The van der Waals surface area contributed by atoms with Crippen LogP contribution in [-0.2, 0) is 0 Å². The summed E-state index contributed by atoms with van der Waals surface area (Å²) in [7, 11) is 0. The highest BCUT2D eigenvalue weighted by molar-refractivity contribution is 5.41. The van der Waals surface area contributed by atoms with Gasteiger partial charge >= 0.3 is 0 Å². The summed E-state index contributed by atoms with van der Waals surface area (Å²) in [5.74, 6) is 2.83. The van der Waals surface area contributed by atoms with Gasteiger partial charge in [-0.2, -0.15) is 0 Å². The number of pyridine rings is 1. The Morgan fingerprint density at radius 2 is 1.70 bits per heavy atom. The maximum Gasteiger partial charge on any atom is 0.128 e. The van der Waals surface area contributed by atoms with Gasteiger partial charge in [-0.25, -0.2) is 4.98 Å². The van der Waals surface area contributed by atoms with E-state index in [4.69, 9.17) is 0 Å². The van der Waals surface area contributed by atoms with Crippen LogP contribution in [0.4, 0.5) is 5.82 Å². The summed E-state index contributed by atoms with van der Waals surface area (Å²) in [4.78, 5) is 6.92. The summed E-state index contributed by atoms with van der Waals surface area (Å²) < 4.78 is 0. The lowest BCUT2D eigenvalue weighted by molar-refractivity contribution is 0.533. The number of anilines is 1. The normalized spacial score (nSPS) is 23.4. The van der Waals surface area contributed by atoms with Crippen molar-refractivity contribution in [2.45, 2.75) is 41.0 Å². The molecule has 2 atom stereocenters. The number of nitrogens with one attached hydrogen (secondary N) is 1. The van der Waals surface area contributed by atoms with Crippen LogP contribution in [0.25, 0.3) is 0 Å². The highest BCUT2D eigenvalue weighted by Gasteiger charge is 2.36. The molecular formula is C17H31N3. The van der Waals surface area contributed by atoms with Crippen molar-refractivity contribution in [1.82, 2.24) is 10.3 Å². The first kappa shape index (κ1) is 17.0. The van der Waals surface area contributed by atoms with E-state index < -0.39 is 0 Å². The van der Waals surface area contributed by atoms with E-state index in [-0.39, 0.29) is 0 Å². The third-order valence-corrected chi connectivity index (χ3v) is 3.61. The van der Waals surface area contributed by atoms with E-state index in [0.717, 1.165) is 17.7 Å². The van der Waals surface area contributed by atoms with Gasteiger partial charge in [0.2, 0.25) is 0 Å². The van der Waals surface area contributed by atoms with Crippen molar-refractivity contribution in [3.8, 4) is 0 Å². The second kappa shape index (κ2) is 8.96. The zero-order valence-corrected chi connectivity index (χ0v) is 13.8. The quantitative estimate of drug-likeness (QED) is 0.851. The SMILES string of the molecule is CC.CCC.Cc1ccc(N2CC3CNCC3C2)nc1. The molecule has 2 aliphatic heterocycles. The molecule has 2 fully saturated rings. The molecule has 2 aliphatic rings. The molecule has 2 saturated heterocycles. The van der Waals surface area contributed by atoms with E-state index in [1.165, 1.54) is 38.2 Å². The van der Waals surface area contributed by atoms with Gasteiger partial charge in [-0.1, -0.05) is 40.2 Å². The number of hydrogen-bond acceptors (Lipinski definition) is 3. The fourth-order valence-electron chi connectivity index (χ4n) is 2.69. The van der Waals surface area contributed by atoms with Crippen molar-refractivity contribution in [3.63, 3.8) is 0 Å². The highest BCUT2D eigenvalue weighted by atomic mass is 15.2. The van der Waals surface area contributed by atoms with Crippen molar-refractivity contribution in [2.24, 2.45) is 11.8 Å². The molecule has 20 heavy (non-hydrogen) atoms. The van der Waals surface area contributed by atoms with Gasteiger partial charge in [-0.15, -0.1) is 0 Å². The minimum atomic E-state index is 0.841. The predicted octanol–water partition coefficient (Wildman–Crippen LogP) is 3.49. The van der Waals surface area contributed by atoms with Crippen molar-refractivity contribution in [2.75, 3.05) is 31.1 Å². The summed E-state index contributed by atoms with van der Waals surface area (Å²) in [5.41, 5.74) is 1.24. The molecule has 0 aromatic carbocycles. The number of fused-ring (bicyclic) bond motifs is 1. The molecule has 114 valence electrons.